The number of hydrogen-bond donors (Lipinski definition) is 1. The van der Waals surface area contributed by atoms with Gasteiger partial charge in [0.2, 0.25) is 0 Å². The number of nitrogens with one attached hydrogen (secondary N) is 1. The number of hydrogen-bond acceptors (Lipinski definition) is 3. The smallest absolute Gasteiger partial charge is 0.255 e. The van der Waals surface area contributed by atoms with Gasteiger partial charge in [-0.25, -0.2) is 0 Å². The van der Waals surface area contributed by atoms with Crippen molar-refractivity contribution in [2.24, 2.45) is 0 Å². The lowest BCUT2D eigenvalue weighted by Crippen LogP contribution is -2.46. The van der Waals surface area contributed by atoms with Gasteiger partial charge in [-0.15, -0.1) is 0 Å². The maximum atomic E-state index is 12.3. The maximum absolute atomic E-state index is 12.3. The van der Waals surface area contributed by atoms with Crippen LogP contribution in [0.4, 0.5) is 5.69 Å². The summed E-state index contributed by atoms with van der Waals surface area (Å²) in [5.41, 5.74) is 1.36. The molecule has 5 heteroatoms. The highest BCUT2D eigenvalue weighted by Crippen LogP contribution is 2.20. The van der Waals surface area contributed by atoms with E-state index in [9.17, 15) is 4.79 Å². The third-order valence-corrected chi connectivity index (χ3v) is 4.67. The van der Waals surface area contributed by atoms with Crippen LogP contribution < -0.4 is 10.1 Å². The first-order valence-electron chi connectivity index (χ1n) is 8.89. The molecular weight excluding hydrogens is 392 g/mol. The summed E-state index contributed by atoms with van der Waals surface area (Å²) in [5, 5.41) is 2.90. The average molecular weight is 419 g/mol. The van der Waals surface area contributed by atoms with Gasteiger partial charge in [0.15, 0.2) is 0 Å². The van der Waals surface area contributed by atoms with Crippen LogP contribution in [-0.4, -0.2) is 29.1 Å². The summed E-state index contributed by atoms with van der Waals surface area (Å²) in [6.07, 6.45) is -0.0294. The first-order chi connectivity index (χ1) is 12.3. The van der Waals surface area contributed by atoms with Crippen LogP contribution in [0, 0.1) is 0 Å². The van der Waals surface area contributed by atoms with Gasteiger partial charge >= 0.3 is 0 Å². The summed E-state index contributed by atoms with van der Waals surface area (Å²) in [6, 6.07) is 15.5. The Balaban J connectivity index is 1.99. The van der Waals surface area contributed by atoms with E-state index in [0.717, 1.165) is 15.9 Å². The molecule has 0 aromatic heterocycles. The molecule has 0 spiro atoms. The molecule has 0 heterocycles. The number of rotatable bonds is 7. The van der Waals surface area contributed by atoms with Gasteiger partial charge < -0.3 is 10.1 Å². The van der Waals surface area contributed by atoms with Gasteiger partial charge in [-0.2, -0.15) is 0 Å². The van der Waals surface area contributed by atoms with Crippen LogP contribution in [0.5, 0.6) is 5.75 Å². The van der Waals surface area contributed by atoms with Crippen molar-refractivity contribution in [3.63, 3.8) is 0 Å². The minimum absolute atomic E-state index is 0.0294. The highest BCUT2D eigenvalue weighted by Gasteiger charge is 2.21. The van der Waals surface area contributed by atoms with Gasteiger partial charge in [-0.05, 0) is 83.1 Å². The third-order valence-electron chi connectivity index (χ3n) is 4.14. The Morgan fingerprint density at radius 3 is 1.96 bits per heavy atom. The molecule has 0 aliphatic rings. The molecule has 26 heavy (non-hydrogen) atoms. The zero-order valence-corrected chi connectivity index (χ0v) is 17.6. The lowest BCUT2D eigenvalue weighted by atomic mass is 10.2. The average Bonchev–Trinajstić information content (AvgIpc) is 2.56. The first kappa shape index (κ1) is 20.5. The number of carbonyl (C=O) groups excluding carboxylic acids is 1. The maximum Gasteiger partial charge on any atom is 0.255 e. The molecule has 1 amide bonds. The van der Waals surface area contributed by atoms with Crippen LogP contribution in [0.2, 0.25) is 0 Å². The zero-order valence-electron chi connectivity index (χ0n) is 16.0. The van der Waals surface area contributed by atoms with Gasteiger partial charge in [0.05, 0.1) is 0 Å². The van der Waals surface area contributed by atoms with Crippen molar-refractivity contribution in [3.8, 4) is 5.75 Å². The fourth-order valence-corrected chi connectivity index (χ4v) is 3.38. The van der Waals surface area contributed by atoms with Gasteiger partial charge in [0, 0.05) is 27.8 Å². The Labute approximate surface area is 164 Å². The van der Waals surface area contributed by atoms with E-state index >= 15 is 0 Å². The van der Waals surface area contributed by atoms with Crippen molar-refractivity contribution in [2.45, 2.75) is 52.9 Å². The predicted octanol–water partition coefficient (Wildman–Crippen LogP) is 5.55. The topological polar surface area (TPSA) is 41.6 Å². The van der Waals surface area contributed by atoms with E-state index in [1.807, 2.05) is 36.4 Å². The minimum atomic E-state index is -0.134. The Morgan fingerprint density at radius 2 is 1.46 bits per heavy atom. The molecule has 1 atom stereocenters. The van der Waals surface area contributed by atoms with Crippen molar-refractivity contribution in [3.05, 3.63) is 58.6 Å². The standard InChI is InChI=1S/C21H27BrN2O2/c1-14(2)24(15(3)4)16(5)26-20-12-10-19(11-13-20)23-21(25)17-6-8-18(22)9-7-17/h6-16H,1-5H3,(H,23,25). The molecule has 4 nitrogen and oxygen atoms in total. The first-order valence-corrected chi connectivity index (χ1v) is 9.68. The van der Waals surface area contributed by atoms with Crippen LogP contribution in [0.3, 0.4) is 0 Å². The van der Waals surface area contributed by atoms with Gasteiger partial charge in [-0.1, -0.05) is 15.9 Å². The predicted molar refractivity (Wildman–Crippen MR) is 111 cm³/mol. The second kappa shape index (κ2) is 9.19. The molecule has 2 rings (SSSR count). The number of anilines is 1. The van der Waals surface area contributed by atoms with Gasteiger partial charge in [0.25, 0.3) is 5.91 Å². The van der Waals surface area contributed by atoms with Crippen molar-refractivity contribution >= 4 is 27.5 Å². The van der Waals surface area contributed by atoms with Crippen molar-refractivity contribution in [1.82, 2.24) is 4.90 Å². The number of ether oxygens (including phenoxy) is 1. The zero-order chi connectivity index (χ0) is 19.3. The fraction of sp³-hybridized carbons (Fsp3) is 0.381. The normalized spacial score (nSPS) is 12.5. The Morgan fingerprint density at radius 1 is 0.923 bits per heavy atom. The summed E-state index contributed by atoms with van der Waals surface area (Å²) in [7, 11) is 0. The van der Waals surface area contributed by atoms with Crippen LogP contribution in [0.25, 0.3) is 0 Å². The lowest BCUT2D eigenvalue weighted by Gasteiger charge is -2.36. The monoisotopic (exact) mass is 418 g/mol. The van der Waals surface area contributed by atoms with E-state index < -0.39 is 0 Å². The SMILES string of the molecule is CC(C)N(C(C)C)C(C)Oc1ccc(NC(=O)c2ccc(Br)cc2)cc1. The molecule has 0 saturated carbocycles. The van der Waals surface area contributed by atoms with Gasteiger partial charge in [-0.3, -0.25) is 9.69 Å². The summed E-state index contributed by atoms with van der Waals surface area (Å²) >= 11 is 3.37. The molecule has 0 fully saturated rings. The molecule has 0 saturated heterocycles. The number of amides is 1. The summed E-state index contributed by atoms with van der Waals surface area (Å²) in [4.78, 5) is 14.6. The quantitative estimate of drug-likeness (QED) is 0.599. The van der Waals surface area contributed by atoms with E-state index in [4.69, 9.17) is 4.74 Å². The third kappa shape index (κ3) is 5.58. The molecule has 0 aliphatic carbocycles. The molecule has 0 bridgehead atoms. The number of carbonyl (C=O) groups is 1. The molecule has 1 N–H and O–H groups in total. The van der Waals surface area contributed by atoms with Crippen LogP contribution in [0.15, 0.2) is 53.0 Å². The van der Waals surface area contributed by atoms with E-state index in [-0.39, 0.29) is 12.1 Å². The second-order valence-electron chi connectivity index (χ2n) is 6.84. The fourth-order valence-electron chi connectivity index (χ4n) is 3.12. The Hall–Kier alpha value is -1.85. The molecule has 2 aromatic rings. The summed E-state index contributed by atoms with van der Waals surface area (Å²) in [5.74, 6) is 0.649. The summed E-state index contributed by atoms with van der Waals surface area (Å²) < 4.78 is 7.01. The van der Waals surface area contributed by atoms with Crippen molar-refractivity contribution in [1.29, 1.82) is 0 Å². The Kier molecular flexibility index (Phi) is 7.23. The summed E-state index contributed by atoms with van der Waals surface area (Å²) in [6.45, 7) is 10.7. The largest absolute Gasteiger partial charge is 0.475 e. The van der Waals surface area contributed by atoms with E-state index in [1.165, 1.54) is 0 Å². The highest BCUT2D eigenvalue weighted by molar-refractivity contribution is 9.10. The van der Waals surface area contributed by atoms with Crippen molar-refractivity contribution in [2.75, 3.05) is 5.32 Å². The van der Waals surface area contributed by atoms with E-state index in [0.29, 0.717) is 17.6 Å². The molecule has 1 unspecified atom stereocenters. The van der Waals surface area contributed by atoms with Crippen LogP contribution >= 0.6 is 15.9 Å². The van der Waals surface area contributed by atoms with E-state index in [1.54, 1.807) is 12.1 Å². The molecule has 0 radical (unpaired) electrons. The lowest BCUT2D eigenvalue weighted by molar-refractivity contribution is -0.00560. The molecule has 0 aliphatic heterocycles. The van der Waals surface area contributed by atoms with Crippen LogP contribution in [-0.2, 0) is 0 Å². The number of benzene rings is 2. The van der Waals surface area contributed by atoms with E-state index in [2.05, 4.69) is 60.8 Å². The Bertz CT molecular complexity index is 704. The molecule has 2 aromatic carbocycles. The molecular formula is C21H27BrN2O2. The minimum Gasteiger partial charge on any atom is -0.475 e. The number of halogens is 1. The highest BCUT2D eigenvalue weighted by atomic mass is 79.9. The second-order valence-corrected chi connectivity index (χ2v) is 7.75. The van der Waals surface area contributed by atoms with Gasteiger partial charge in [0.1, 0.15) is 12.0 Å². The van der Waals surface area contributed by atoms with Crippen molar-refractivity contribution < 1.29 is 9.53 Å². The number of nitrogens with zero attached hydrogens (tertiary/aromatic N) is 1. The molecule has 140 valence electrons. The van der Waals surface area contributed by atoms with Crippen LogP contribution in [0.1, 0.15) is 45.0 Å².